The first-order valence-corrected chi connectivity index (χ1v) is 16.3. The Hall–Kier alpha value is -4.61. The van der Waals surface area contributed by atoms with Gasteiger partial charge in [0.1, 0.15) is 16.5 Å². The quantitative estimate of drug-likeness (QED) is 0.189. The molecule has 0 fully saturated rings. The van der Waals surface area contributed by atoms with Gasteiger partial charge in [0.2, 0.25) is 10.0 Å². The van der Waals surface area contributed by atoms with Gasteiger partial charge in [0.15, 0.2) is 0 Å². The topological polar surface area (TPSA) is 139 Å². The van der Waals surface area contributed by atoms with Gasteiger partial charge in [-0.25, -0.2) is 18.0 Å². The van der Waals surface area contributed by atoms with E-state index in [1.165, 1.54) is 22.8 Å². The number of amides is 1. The van der Waals surface area contributed by atoms with Gasteiger partial charge in [0, 0.05) is 31.1 Å². The minimum absolute atomic E-state index is 0.0147. The summed E-state index contributed by atoms with van der Waals surface area (Å²) >= 11 is 0. The van der Waals surface area contributed by atoms with Crippen molar-refractivity contribution >= 4 is 22.1 Å². The lowest BCUT2D eigenvalue weighted by Crippen LogP contribution is -2.50. The first-order valence-electron chi connectivity index (χ1n) is 14.9. The Kier molecular flexibility index (Phi) is 10.6. The van der Waals surface area contributed by atoms with Crippen molar-refractivity contribution in [3.63, 3.8) is 0 Å². The number of hydrogen-bond donors (Lipinski definition) is 2. The molecule has 0 aliphatic rings. The number of nitrogens with one attached hydrogen (secondary N) is 1. The number of aliphatic carboxylic acids is 1. The van der Waals surface area contributed by atoms with Gasteiger partial charge < -0.3 is 15.2 Å². The highest BCUT2D eigenvalue weighted by Crippen LogP contribution is 2.25. The molecule has 0 aliphatic heterocycles. The number of rotatable bonds is 12. The lowest BCUT2D eigenvalue weighted by atomic mass is 9.87. The molecule has 2 aromatic carbocycles. The van der Waals surface area contributed by atoms with E-state index in [2.05, 4.69) is 10.3 Å². The van der Waals surface area contributed by atoms with Crippen LogP contribution < -0.4 is 5.32 Å². The highest BCUT2D eigenvalue weighted by atomic mass is 32.2. The number of aromatic nitrogens is 2. The zero-order chi connectivity index (χ0) is 33.5. The smallest absolute Gasteiger partial charge is 0.408 e. The molecule has 0 spiro atoms. The molecule has 0 aliphatic carbocycles. The third-order valence-electron chi connectivity index (χ3n) is 7.25. The number of hydrogen-bond acceptors (Lipinski definition) is 7. The average Bonchev–Trinajstić information content (AvgIpc) is 3.00. The fraction of sp³-hybridized carbons (Fsp3) is 0.314. The first kappa shape index (κ1) is 34.3. The standard InChI is InChI=1S/C35H40N4O6S/c1-34(2,3)31(32(40)41)38-33(42)45-35(4,5)21-28-13-9-14-29(37-28)24-39(46(43,44)30-15-10-20-36-22-30)23-25-16-18-27(19-17-25)26-11-7-6-8-12-26/h6-20,22,31H,21,23-24H2,1-5H3,(H,38,42)(H,40,41). The van der Waals surface area contributed by atoms with Crippen LogP contribution in [0.4, 0.5) is 4.79 Å². The second-order valence-corrected chi connectivity index (χ2v) is 14.7. The Labute approximate surface area is 270 Å². The van der Waals surface area contributed by atoms with Crippen molar-refractivity contribution in [2.24, 2.45) is 5.41 Å². The number of carboxylic acid groups (broad SMARTS) is 1. The number of nitrogens with zero attached hydrogens (tertiary/aromatic N) is 3. The number of benzene rings is 2. The molecule has 1 amide bonds. The molecule has 46 heavy (non-hydrogen) atoms. The Morgan fingerprint density at radius 3 is 2.11 bits per heavy atom. The zero-order valence-electron chi connectivity index (χ0n) is 26.7. The molecular formula is C35H40N4O6S. The van der Waals surface area contributed by atoms with E-state index in [9.17, 15) is 23.1 Å². The molecule has 0 bridgehead atoms. The first-order chi connectivity index (χ1) is 21.6. The zero-order valence-corrected chi connectivity index (χ0v) is 27.5. The van der Waals surface area contributed by atoms with Gasteiger partial charge >= 0.3 is 12.1 Å². The van der Waals surface area contributed by atoms with Crippen LogP contribution in [0.15, 0.2) is 102 Å². The van der Waals surface area contributed by atoms with Crippen LogP contribution in [0.1, 0.15) is 51.6 Å². The molecule has 11 heteroatoms. The molecule has 1 unspecified atom stereocenters. The third kappa shape index (κ3) is 9.21. The van der Waals surface area contributed by atoms with E-state index in [1.54, 1.807) is 58.9 Å². The summed E-state index contributed by atoms with van der Waals surface area (Å²) in [6, 6.07) is 24.9. The second-order valence-electron chi connectivity index (χ2n) is 12.8. The van der Waals surface area contributed by atoms with Gasteiger partial charge in [-0.3, -0.25) is 9.97 Å². The maximum absolute atomic E-state index is 13.8. The van der Waals surface area contributed by atoms with Crippen molar-refractivity contribution in [2.75, 3.05) is 0 Å². The van der Waals surface area contributed by atoms with Gasteiger partial charge in [-0.05, 0) is 60.2 Å². The Morgan fingerprint density at radius 2 is 1.50 bits per heavy atom. The van der Waals surface area contributed by atoms with Crippen LogP contribution in [-0.4, -0.2) is 51.5 Å². The van der Waals surface area contributed by atoms with Gasteiger partial charge in [-0.2, -0.15) is 4.31 Å². The molecule has 0 saturated carbocycles. The summed E-state index contributed by atoms with van der Waals surface area (Å²) in [4.78, 5) is 33.1. The Morgan fingerprint density at radius 1 is 0.848 bits per heavy atom. The van der Waals surface area contributed by atoms with Crippen LogP contribution in [0.5, 0.6) is 0 Å². The number of ether oxygens (including phenoxy) is 1. The van der Waals surface area contributed by atoms with Crippen molar-refractivity contribution in [1.82, 2.24) is 19.6 Å². The number of carbonyl (C=O) groups excluding carboxylic acids is 1. The minimum atomic E-state index is -3.95. The summed E-state index contributed by atoms with van der Waals surface area (Å²) in [6.45, 7) is 8.63. The van der Waals surface area contributed by atoms with E-state index in [4.69, 9.17) is 9.72 Å². The van der Waals surface area contributed by atoms with Crippen molar-refractivity contribution in [2.45, 2.75) is 70.7 Å². The number of carbonyl (C=O) groups is 2. The summed E-state index contributed by atoms with van der Waals surface area (Å²) in [5, 5.41) is 12.0. The van der Waals surface area contributed by atoms with E-state index < -0.39 is 39.1 Å². The van der Waals surface area contributed by atoms with E-state index >= 15 is 0 Å². The van der Waals surface area contributed by atoms with E-state index in [-0.39, 0.29) is 24.4 Å². The summed E-state index contributed by atoms with van der Waals surface area (Å²) < 4.78 is 34.6. The number of carboxylic acids is 1. The SMILES string of the molecule is CC(C)(Cc1cccc(CN(Cc2ccc(-c3ccccc3)cc2)S(=O)(=O)c2cccnc2)n1)OC(=O)NC(C(=O)O)C(C)(C)C. The fourth-order valence-electron chi connectivity index (χ4n) is 4.93. The van der Waals surface area contributed by atoms with Gasteiger partial charge in [-0.1, -0.05) is 81.4 Å². The van der Waals surface area contributed by atoms with Gasteiger partial charge in [0.05, 0.1) is 12.2 Å². The maximum atomic E-state index is 13.8. The van der Waals surface area contributed by atoms with Crippen molar-refractivity contribution in [1.29, 1.82) is 0 Å². The summed E-state index contributed by atoms with van der Waals surface area (Å²) in [6.07, 6.45) is 2.20. The molecule has 1 atom stereocenters. The van der Waals surface area contributed by atoms with Crippen LogP contribution in [-0.2, 0) is 39.1 Å². The van der Waals surface area contributed by atoms with Crippen LogP contribution in [0, 0.1) is 5.41 Å². The van der Waals surface area contributed by atoms with Crippen LogP contribution in [0.3, 0.4) is 0 Å². The summed E-state index contributed by atoms with van der Waals surface area (Å²) in [7, 11) is -3.95. The average molecular weight is 645 g/mol. The monoisotopic (exact) mass is 644 g/mol. The summed E-state index contributed by atoms with van der Waals surface area (Å²) in [5.41, 5.74) is 2.21. The third-order valence-corrected chi connectivity index (χ3v) is 9.02. The Balaban J connectivity index is 1.53. The molecule has 0 radical (unpaired) electrons. The predicted molar refractivity (Wildman–Crippen MR) is 175 cm³/mol. The van der Waals surface area contributed by atoms with Gasteiger partial charge in [-0.15, -0.1) is 0 Å². The van der Waals surface area contributed by atoms with Crippen LogP contribution >= 0.6 is 0 Å². The molecule has 4 rings (SSSR count). The maximum Gasteiger partial charge on any atom is 0.408 e. The fourth-order valence-corrected chi connectivity index (χ4v) is 6.29. The van der Waals surface area contributed by atoms with Crippen LogP contribution in [0.25, 0.3) is 11.1 Å². The molecule has 2 heterocycles. The van der Waals surface area contributed by atoms with E-state index in [0.717, 1.165) is 16.7 Å². The highest BCUT2D eigenvalue weighted by molar-refractivity contribution is 7.89. The Bertz CT molecular complexity index is 1740. The number of pyridine rings is 2. The molecule has 2 aromatic heterocycles. The lowest BCUT2D eigenvalue weighted by molar-refractivity contribution is -0.142. The predicted octanol–water partition coefficient (Wildman–Crippen LogP) is 6.08. The van der Waals surface area contributed by atoms with Crippen LogP contribution in [0.2, 0.25) is 0 Å². The normalized spacial score (nSPS) is 12.8. The highest BCUT2D eigenvalue weighted by Gasteiger charge is 2.35. The molecular weight excluding hydrogens is 604 g/mol. The van der Waals surface area contributed by atoms with Crippen molar-refractivity contribution < 1.29 is 27.9 Å². The largest absolute Gasteiger partial charge is 0.480 e. The number of sulfonamides is 1. The number of alkyl carbamates (subject to hydrolysis) is 1. The molecule has 2 N–H and O–H groups in total. The molecule has 242 valence electrons. The van der Waals surface area contributed by atoms with E-state index in [1.807, 2.05) is 54.6 Å². The lowest BCUT2D eigenvalue weighted by Gasteiger charge is -2.30. The molecule has 4 aromatic rings. The minimum Gasteiger partial charge on any atom is -0.480 e. The summed E-state index contributed by atoms with van der Waals surface area (Å²) in [5.74, 6) is -1.16. The molecule has 10 nitrogen and oxygen atoms in total. The van der Waals surface area contributed by atoms with E-state index in [0.29, 0.717) is 11.4 Å². The van der Waals surface area contributed by atoms with Gasteiger partial charge in [0.25, 0.3) is 0 Å². The molecule has 0 saturated heterocycles. The van der Waals surface area contributed by atoms with Crippen molar-refractivity contribution in [3.8, 4) is 11.1 Å². The van der Waals surface area contributed by atoms with Crippen molar-refractivity contribution in [3.05, 3.63) is 114 Å². The second kappa shape index (κ2) is 14.2.